The smallest absolute Gasteiger partial charge is 0.190 e. The molecule has 0 aliphatic rings. The zero-order valence-electron chi connectivity index (χ0n) is 15.0. The van der Waals surface area contributed by atoms with Gasteiger partial charge in [-0.05, 0) is 42.0 Å². The first-order chi connectivity index (χ1) is 12.3. The van der Waals surface area contributed by atoms with Gasteiger partial charge >= 0.3 is 0 Å². The molecule has 0 saturated carbocycles. The first-order valence-corrected chi connectivity index (χ1v) is 9.37. The van der Waals surface area contributed by atoms with Gasteiger partial charge in [0.1, 0.15) is 5.75 Å². The van der Waals surface area contributed by atoms with Gasteiger partial charge in [-0.2, -0.15) is 0 Å². The number of hydrogen-bond donors (Lipinski definition) is 2. The fourth-order valence-electron chi connectivity index (χ4n) is 2.27. The lowest BCUT2D eigenvalue weighted by atomic mass is 10.2. The van der Waals surface area contributed by atoms with Crippen LogP contribution in [0.3, 0.4) is 0 Å². The van der Waals surface area contributed by atoms with Gasteiger partial charge in [-0.15, -0.1) is 11.3 Å². The molecule has 0 aliphatic heterocycles. The Hall–Kier alpha value is -2.05. The molecule has 25 heavy (non-hydrogen) atoms. The maximum Gasteiger partial charge on any atom is 0.190 e. The van der Waals surface area contributed by atoms with E-state index in [0.717, 1.165) is 43.2 Å². The maximum absolute atomic E-state index is 5.70. The summed E-state index contributed by atoms with van der Waals surface area (Å²) in [4.78, 5) is 5.62. The van der Waals surface area contributed by atoms with Crippen molar-refractivity contribution in [2.75, 3.05) is 33.9 Å². The Morgan fingerprint density at radius 2 is 1.92 bits per heavy atom. The zero-order chi connectivity index (χ0) is 17.7. The van der Waals surface area contributed by atoms with Gasteiger partial charge in [0.15, 0.2) is 5.96 Å². The molecule has 6 heteroatoms. The molecule has 0 atom stereocenters. The van der Waals surface area contributed by atoms with Crippen LogP contribution < -0.4 is 15.4 Å². The highest BCUT2D eigenvalue weighted by Gasteiger charge is 1.99. The second kappa shape index (κ2) is 11.5. The molecule has 136 valence electrons. The number of thiophene rings is 1. The Kier molecular flexibility index (Phi) is 8.86. The molecular weight excluding hydrogens is 334 g/mol. The molecule has 0 amide bonds. The lowest BCUT2D eigenvalue weighted by Crippen LogP contribution is -2.38. The molecular formula is C19H27N3O2S. The number of ether oxygens (including phenoxy) is 2. The first-order valence-electron chi connectivity index (χ1n) is 8.49. The summed E-state index contributed by atoms with van der Waals surface area (Å²) in [5.74, 6) is 1.71. The Morgan fingerprint density at radius 3 is 2.60 bits per heavy atom. The van der Waals surface area contributed by atoms with Crippen LogP contribution in [0.5, 0.6) is 5.75 Å². The Labute approximate surface area is 154 Å². The molecule has 0 spiro atoms. The Morgan fingerprint density at radius 1 is 1.12 bits per heavy atom. The lowest BCUT2D eigenvalue weighted by molar-refractivity contribution is 0.119. The van der Waals surface area contributed by atoms with Gasteiger partial charge in [0.2, 0.25) is 0 Å². The van der Waals surface area contributed by atoms with Crippen molar-refractivity contribution >= 4 is 17.3 Å². The molecule has 0 unspecified atom stereocenters. The highest BCUT2D eigenvalue weighted by atomic mass is 32.1. The normalized spacial score (nSPS) is 11.4. The van der Waals surface area contributed by atoms with Crippen molar-refractivity contribution in [2.45, 2.75) is 19.4 Å². The molecule has 0 radical (unpaired) electrons. The largest absolute Gasteiger partial charge is 0.497 e. The summed E-state index contributed by atoms with van der Waals surface area (Å²) < 4.78 is 10.8. The van der Waals surface area contributed by atoms with Crippen molar-refractivity contribution in [1.82, 2.24) is 10.6 Å². The van der Waals surface area contributed by atoms with Crippen molar-refractivity contribution in [3.8, 4) is 5.75 Å². The Bertz CT molecular complexity index is 612. The van der Waals surface area contributed by atoms with E-state index in [1.165, 1.54) is 4.88 Å². The van der Waals surface area contributed by atoms with Crippen molar-refractivity contribution < 1.29 is 9.47 Å². The number of benzene rings is 1. The van der Waals surface area contributed by atoms with E-state index in [2.05, 4.69) is 33.1 Å². The molecule has 2 N–H and O–H groups in total. The van der Waals surface area contributed by atoms with E-state index >= 15 is 0 Å². The topological polar surface area (TPSA) is 54.9 Å². The van der Waals surface area contributed by atoms with E-state index in [1.807, 2.05) is 24.3 Å². The standard InChI is InChI=1S/C19H27N3O2S/c1-20-19(22-12-10-18-5-3-14-25-18)21-11-4-13-24-15-16-6-8-17(23-2)9-7-16/h3,5-9,14H,4,10-13,15H2,1-2H3,(H2,20,21,22). The van der Waals surface area contributed by atoms with Crippen molar-refractivity contribution in [3.05, 3.63) is 52.2 Å². The van der Waals surface area contributed by atoms with Crippen LogP contribution in [0.2, 0.25) is 0 Å². The molecule has 1 aromatic heterocycles. The summed E-state index contributed by atoms with van der Waals surface area (Å²) in [6, 6.07) is 12.2. The number of methoxy groups -OCH3 is 1. The third-order valence-corrected chi connectivity index (χ3v) is 4.59. The van der Waals surface area contributed by atoms with Crippen LogP contribution in [0.1, 0.15) is 16.9 Å². The quantitative estimate of drug-likeness (QED) is 0.388. The first kappa shape index (κ1) is 19.3. The second-order valence-corrected chi connectivity index (χ2v) is 6.54. The third kappa shape index (κ3) is 7.58. The average molecular weight is 362 g/mol. The summed E-state index contributed by atoms with van der Waals surface area (Å²) in [6.07, 6.45) is 1.95. The predicted molar refractivity (Wildman–Crippen MR) is 105 cm³/mol. The van der Waals surface area contributed by atoms with E-state index in [0.29, 0.717) is 13.2 Å². The maximum atomic E-state index is 5.70. The van der Waals surface area contributed by atoms with Gasteiger partial charge < -0.3 is 20.1 Å². The summed E-state index contributed by atoms with van der Waals surface area (Å²) >= 11 is 1.79. The van der Waals surface area contributed by atoms with Gasteiger partial charge in [0.05, 0.1) is 13.7 Å². The van der Waals surface area contributed by atoms with Gasteiger partial charge in [-0.1, -0.05) is 18.2 Å². The fraction of sp³-hybridized carbons (Fsp3) is 0.421. The third-order valence-electron chi connectivity index (χ3n) is 3.65. The van der Waals surface area contributed by atoms with E-state index < -0.39 is 0 Å². The van der Waals surface area contributed by atoms with Gasteiger partial charge in [0.25, 0.3) is 0 Å². The molecule has 0 aliphatic carbocycles. The fourth-order valence-corrected chi connectivity index (χ4v) is 2.98. The lowest BCUT2D eigenvalue weighted by Gasteiger charge is -2.11. The molecule has 1 aromatic carbocycles. The molecule has 5 nitrogen and oxygen atoms in total. The number of hydrogen-bond acceptors (Lipinski definition) is 4. The van der Waals surface area contributed by atoms with Crippen molar-refractivity contribution in [3.63, 3.8) is 0 Å². The van der Waals surface area contributed by atoms with E-state index in [9.17, 15) is 0 Å². The number of nitrogens with one attached hydrogen (secondary N) is 2. The number of nitrogens with zero attached hydrogens (tertiary/aromatic N) is 1. The monoisotopic (exact) mass is 361 g/mol. The number of guanidine groups is 1. The number of aliphatic imine (C=N–C) groups is 1. The van der Waals surface area contributed by atoms with Crippen LogP contribution in [0.4, 0.5) is 0 Å². The van der Waals surface area contributed by atoms with Crippen molar-refractivity contribution in [2.24, 2.45) is 4.99 Å². The molecule has 0 saturated heterocycles. The molecule has 2 rings (SSSR count). The minimum atomic E-state index is 0.623. The molecule has 2 aromatic rings. The van der Waals surface area contributed by atoms with Crippen LogP contribution in [-0.4, -0.2) is 39.8 Å². The molecule has 0 fully saturated rings. The van der Waals surface area contributed by atoms with E-state index in [4.69, 9.17) is 9.47 Å². The summed E-state index contributed by atoms with van der Waals surface area (Å²) in [6.45, 7) is 3.05. The summed E-state index contributed by atoms with van der Waals surface area (Å²) in [5.41, 5.74) is 1.15. The minimum absolute atomic E-state index is 0.623. The minimum Gasteiger partial charge on any atom is -0.497 e. The van der Waals surface area contributed by atoms with Crippen LogP contribution >= 0.6 is 11.3 Å². The van der Waals surface area contributed by atoms with Crippen LogP contribution in [0.15, 0.2) is 46.8 Å². The van der Waals surface area contributed by atoms with E-state index in [1.54, 1.807) is 25.5 Å². The number of rotatable bonds is 10. The molecule has 0 bridgehead atoms. The average Bonchev–Trinajstić information content (AvgIpc) is 3.17. The van der Waals surface area contributed by atoms with Crippen molar-refractivity contribution in [1.29, 1.82) is 0 Å². The van der Waals surface area contributed by atoms with Crippen LogP contribution in [0.25, 0.3) is 0 Å². The van der Waals surface area contributed by atoms with E-state index in [-0.39, 0.29) is 0 Å². The van der Waals surface area contributed by atoms with Gasteiger partial charge in [-0.3, -0.25) is 4.99 Å². The van der Waals surface area contributed by atoms with Crippen LogP contribution in [0, 0.1) is 0 Å². The van der Waals surface area contributed by atoms with Gasteiger partial charge in [0, 0.05) is 31.6 Å². The van der Waals surface area contributed by atoms with Crippen LogP contribution in [-0.2, 0) is 17.8 Å². The highest BCUT2D eigenvalue weighted by molar-refractivity contribution is 7.09. The highest BCUT2D eigenvalue weighted by Crippen LogP contribution is 2.12. The van der Waals surface area contributed by atoms with Gasteiger partial charge in [-0.25, -0.2) is 0 Å². The predicted octanol–water partition coefficient (Wildman–Crippen LogP) is 3.07. The second-order valence-electron chi connectivity index (χ2n) is 5.51. The summed E-state index contributed by atoms with van der Waals surface area (Å²) in [5, 5.41) is 8.74. The zero-order valence-corrected chi connectivity index (χ0v) is 15.8. The Balaban J connectivity index is 1.51. The summed E-state index contributed by atoms with van der Waals surface area (Å²) in [7, 11) is 3.46. The molecule has 1 heterocycles. The SMILES string of the molecule is CN=C(NCCCOCc1ccc(OC)cc1)NCCc1cccs1.